The highest BCUT2D eigenvalue weighted by atomic mass is 32.1. The van der Waals surface area contributed by atoms with E-state index in [1.807, 2.05) is 23.5 Å². The van der Waals surface area contributed by atoms with Gasteiger partial charge in [0.05, 0.1) is 0 Å². The van der Waals surface area contributed by atoms with Crippen molar-refractivity contribution in [3.63, 3.8) is 0 Å². The lowest BCUT2D eigenvalue weighted by Gasteiger charge is -2.17. The Balaban J connectivity index is 1.95. The summed E-state index contributed by atoms with van der Waals surface area (Å²) in [6, 6.07) is 11.2. The quantitative estimate of drug-likeness (QED) is 0.716. The zero-order valence-corrected chi connectivity index (χ0v) is 12.8. The van der Waals surface area contributed by atoms with E-state index >= 15 is 0 Å². The Bertz CT molecular complexity index is 478. The molecule has 1 aromatic heterocycles. The van der Waals surface area contributed by atoms with Crippen LogP contribution in [0.2, 0.25) is 0 Å². The van der Waals surface area contributed by atoms with Gasteiger partial charge in [0, 0.05) is 4.88 Å². The number of rotatable bonds is 8. The molecular weight excluding hydrogens is 269 g/mol. The summed E-state index contributed by atoms with van der Waals surface area (Å²) in [5.74, 6) is 0.401. The molecule has 108 valence electrons. The fraction of sp³-hybridized carbons (Fsp3) is 0.412. The van der Waals surface area contributed by atoms with Crippen molar-refractivity contribution in [2.45, 2.75) is 26.2 Å². The molecule has 1 N–H and O–H groups in total. The Morgan fingerprint density at radius 1 is 1.15 bits per heavy atom. The smallest absolute Gasteiger partial charge is 0.123 e. The van der Waals surface area contributed by atoms with Gasteiger partial charge in [0.1, 0.15) is 5.82 Å². The molecule has 0 saturated carbocycles. The van der Waals surface area contributed by atoms with Gasteiger partial charge in [0.15, 0.2) is 0 Å². The fourth-order valence-electron chi connectivity index (χ4n) is 2.37. The molecule has 1 unspecified atom stereocenters. The van der Waals surface area contributed by atoms with E-state index in [4.69, 9.17) is 0 Å². The van der Waals surface area contributed by atoms with Crippen molar-refractivity contribution < 1.29 is 4.39 Å². The van der Waals surface area contributed by atoms with E-state index in [1.54, 1.807) is 12.1 Å². The number of hydrogen-bond acceptors (Lipinski definition) is 2. The highest BCUT2D eigenvalue weighted by Gasteiger charge is 2.11. The number of nitrogens with one attached hydrogen (secondary N) is 1. The van der Waals surface area contributed by atoms with E-state index in [0.717, 1.165) is 32.4 Å². The van der Waals surface area contributed by atoms with Gasteiger partial charge in [-0.05, 0) is 67.4 Å². The van der Waals surface area contributed by atoms with Crippen LogP contribution in [0.15, 0.2) is 41.8 Å². The Labute approximate surface area is 124 Å². The molecule has 0 aliphatic carbocycles. The molecule has 1 aromatic carbocycles. The summed E-state index contributed by atoms with van der Waals surface area (Å²) < 4.78 is 13.0. The van der Waals surface area contributed by atoms with Crippen molar-refractivity contribution in [1.29, 1.82) is 0 Å². The first-order valence-corrected chi connectivity index (χ1v) is 8.13. The third-order valence-corrected chi connectivity index (χ3v) is 4.27. The van der Waals surface area contributed by atoms with E-state index in [0.29, 0.717) is 5.92 Å². The molecule has 0 saturated heterocycles. The maximum atomic E-state index is 13.0. The molecule has 0 aliphatic rings. The van der Waals surface area contributed by atoms with Gasteiger partial charge >= 0.3 is 0 Å². The van der Waals surface area contributed by atoms with Crippen LogP contribution in [0, 0.1) is 11.7 Å². The van der Waals surface area contributed by atoms with Crippen molar-refractivity contribution in [3.05, 3.63) is 58.0 Å². The largest absolute Gasteiger partial charge is 0.316 e. The van der Waals surface area contributed by atoms with Crippen LogP contribution < -0.4 is 5.32 Å². The Hall–Kier alpha value is -1.19. The molecule has 3 heteroatoms. The molecule has 2 aromatic rings. The van der Waals surface area contributed by atoms with E-state index in [-0.39, 0.29) is 5.82 Å². The summed E-state index contributed by atoms with van der Waals surface area (Å²) in [4.78, 5) is 1.43. The van der Waals surface area contributed by atoms with E-state index in [1.165, 1.54) is 10.4 Å². The van der Waals surface area contributed by atoms with E-state index in [9.17, 15) is 4.39 Å². The number of halogens is 1. The fourth-order valence-corrected chi connectivity index (χ4v) is 3.19. The van der Waals surface area contributed by atoms with Crippen molar-refractivity contribution in [2.24, 2.45) is 5.92 Å². The van der Waals surface area contributed by atoms with Crippen LogP contribution in [-0.2, 0) is 12.8 Å². The van der Waals surface area contributed by atoms with Gasteiger partial charge in [-0.15, -0.1) is 11.3 Å². The SMILES string of the molecule is CCCNCC(Cc1ccc(F)cc1)Cc1cccs1. The molecule has 0 fully saturated rings. The van der Waals surface area contributed by atoms with Crippen LogP contribution >= 0.6 is 11.3 Å². The van der Waals surface area contributed by atoms with Crippen LogP contribution in [0.1, 0.15) is 23.8 Å². The minimum atomic E-state index is -0.160. The summed E-state index contributed by atoms with van der Waals surface area (Å²) in [6.45, 7) is 4.26. The van der Waals surface area contributed by atoms with Gasteiger partial charge < -0.3 is 5.32 Å². The molecule has 20 heavy (non-hydrogen) atoms. The minimum absolute atomic E-state index is 0.160. The van der Waals surface area contributed by atoms with E-state index in [2.05, 4.69) is 29.8 Å². The predicted octanol–water partition coefficient (Wildman–Crippen LogP) is 4.29. The Morgan fingerprint density at radius 2 is 1.95 bits per heavy atom. The second-order valence-electron chi connectivity index (χ2n) is 5.18. The van der Waals surface area contributed by atoms with Crippen molar-refractivity contribution >= 4 is 11.3 Å². The van der Waals surface area contributed by atoms with Crippen LogP contribution in [0.25, 0.3) is 0 Å². The highest BCUT2D eigenvalue weighted by molar-refractivity contribution is 7.09. The lowest BCUT2D eigenvalue weighted by atomic mass is 9.95. The minimum Gasteiger partial charge on any atom is -0.316 e. The Morgan fingerprint density at radius 3 is 2.60 bits per heavy atom. The molecule has 0 aliphatic heterocycles. The first-order chi connectivity index (χ1) is 9.78. The molecule has 0 spiro atoms. The topological polar surface area (TPSA) is 12.0 Å². The highest BCUT2D eigenvalue weighted by Crippen LogP contribution is 2.18. The molecule has 0 amide bonds. The summed E-state index contributed by atoms with van der Waals surface area (Å²) in [5.41, 5.74) is 1.21. The second kappa shape index (κ2) is 8.18. The molecule has 1 heterocycles. The molecular formula is C17H22FNS. The maximum Gasteiger partial charge on any atom is 0.123 e. The Kier molecular flexibility index (Phi) is 6.22. The lowest BCUT2D eigenvalue weighted by molar-refractivity contribution is 0.473. The molecule has 0 radical (unpaired) electrons. The van der Waals surface area contributed by atoms with Crippen LogP contribution in [-0.4, -0.2) is 13.1 Å². The van der Waals surface area contributed by atoms with Gasteiger partial charge in [0.2, 0.25) is 0 Å². The molecule has 0 bridgehead atoms. The maximum absolute atomic E-state index is 13.0. The zero-order valence-electron chi connectivity index (χ0n) is 11.9. The summed E-state index contributed by atoms with van der Waals surface area (Å²) >= 11 is 1.82. The second-order valence-corrected chi connectivity index (χ2v) is 6.22. The summed E-state index contributed by atoms with van der Waals surface area (Å²) in [7, 11) is 0. The summed E-state index contributed by atoms with van der Waals surface area (Å²) in [5, 5.41) is 5.64. The van der Waals surface area contributed by atoms with Gasteiger partial charge in [-0.1, -0.05) is 25.1 Å². The lowest BCUT2D eigenvalue weighted by Crippen LogP contribution is -2.26. The van der Waals surface area contributed by atoms with Gasteiger partial charge in [-0.3, -0.25) is 0 Å². The third-order valence-electron chi connectivity index (χ3n) is 3.37. The van der Waals surface area contributed by atoms with Crippen molar-refractivity contribution in [1.82, 2.24) is 5.32 Å². The van der Waals surface area contributed by atoms with Crippen LogP contribution in [0.5, 0.6) is 0 Å². The average Bonchev–Trinajstić information content (AvgIpc) is 2.94. The standard InChI is InChI=1S/C17H22FNS/c1-2-9-19-13-15(12-17-4-3-10-20-17)11-14-5-7-16(18)8-6-14/h3-8,10,15,19H,2,9,11-13H2,1H3. The number of benzene rings is 1. The summed E-state index contributed by atoms with van der Waals surface area (Å²) in [6.07, 6.45) is 3.24. The zero-order chi connectivity index (χ0) is 14.2. The third kappa shape index (κ3) is 5.06. The first-order valence-electron chi connectivity index (χ1n) is 7.25. The van der Waals surface area contributed by atoms with Gasteiger partial charge in [0.25, 0.3) is 0 Å². The monoisotopic (exact) mass is 291 g/mol. The normalized spacial score (nSPS) is 12.5. The van der Waals surface area contributed by atoms with Gasteiger partial charge in [-0.25, -0.2) is 4.39 Å². The van der Waals surface area contributed by atoms with Crippen molar-refractivity contribution in [2.75, 3.05) is 13.1 Å². The van der Waals surface area contributed by atoms with E-state index < -0.39 is 0 Å². The number of hydrogen-bond donors (Lipinski definition) is 1. The predicted molar refractivity (Wildman–Crippen MR) is 84.8 cm³/mol. The molecule has 1 atom stereocenters. The average molecular weight is 291 g/mol. The van der Waals surface area contributed by atoms with Crippen LogP contribution in [0.4, 0.5) is 4.39 Å². The number of thiophene rings is 1. The van der Waals surface area contributed by atoms with Crippen molar-refractivity contribution in [3.8, 4) is 0 Å². The van der Waals surface area contributed by atoms with Gasteiger partial charge in [-0.2, -0.15) is 0 Å². The van der Waals surface area contributed by atoms with Crippen LogP contribution in [0.3, 0.4) is 0 Å². The molecule has 2 rings (SSSR count). The molecule has 1 nitrogen and oxygen atoms in total. The first kappa shape index (κ1) is 15.2.